The number of hydrogen-bond acceptors (Lipinski definition) is 3. The third kappa shape index (κ3) is 8.23. The van der Waals surface area contributed by atoms with Gasteiger partial charge in [-0.3, -0.25) is 9.59 Å². The van der Waals surface area contributed by atoms with Gasteiger partial charge in [-0.05, 0) is 69.3 Å². The average Bonchev–Trinajstić information content (AvgIpc) is 2.71. The molecule has 0 spiro atoms. The van der Waals surface area contributed by atoms with E-state index in [1.165, 1.54) is 0 Å². The van der Waals surface area contributed by atoms with Crippen LogP contribution in [0.15, 0.2) is 47.4 Å². The van der Waals surface area contributed by atoms with Crippen molar-refractivity contribution in [3.05, 3.63) is 63.1 Å². The van der Waals surface area contributed by atoms with Crippen molar-refractivity contribution in [1.82, 2.24) is 10.2 Å². The molecule has 8 heteroatoms. The van der Waals surface area contributed by atoms with Gasteiger partial charge in [-0.15, -0.1) is 11.8 Å². The first kappa shape index (κ1) is 25.9. The third-order valence-electron chi connectivity index (χ3n) is 4.61. The minimum atomic E-state index is -0.647. The van der Waals surface area contributed by atoms with Gasteiger partial charge in [0.05, 0.1) is 0 Å². The van der Waals surface area contributed by atoms with Gasteiger partial charge in [0, 0.05) is 44.5 Å². The maximum absolute atomic E-state index is 13.1. The molecule has 0 fully saturated rings. The van der Waals surface area contributed by atoms with Gasteiger partial charge in [0.2, 0.25) is 11.8 Å². The number of nitrogens with zero attached hydrogens (tertiary/aromatic N) is 1. The molecule has 0 aliphatic carbocycles. The number of amides is 2. The molecule has 0 radical (unpaired) electrons. The van der Waals surface area contributed by atoms with Gasteiger partial charge in [0.15, 0.2) is 0 Å². The second kappa shape index (κ2) is 12.6. The van der Waals surface area contributed by atoms with Gasteiger partial charge >= 0.3 is 0 Å². The number of thioether (sulfide) groups is 1. The lowest BCUT2D eigenvalue weighted by Crippen LogP contribution is -2.49. The summed E-state index contributed by atoms with van der Waals surface area (Å²) in [5.41, 5.74) is 0.638. The van der Waals surface area contributed by atoms with E-state index in [1.807, 2.05) is 38.1 Å². The van der Waals surface area contributed by atoms with Crippen LogP contribution in [0, 0.1) is 0 Å². The van der Waals surface area contributed by atoms with Crippen LogP contribution in [0.5, 0.6) is 0 Å². The number of nitrogens with one attached hydrogen (secondary N) is 1. The minimum Gasteiger partial charge on any atom is -0.352 e. The van der Waals surface area contributed by atoms with Crippen LogP contribution >= 0.6 is 46.6 Å². The second-order valence-corrected chi connectivity index (χ2v) is 9.89. The van der Waals surface area contributed by atoms with Crippen molar-refractivity contribution in [2.24, 2.45) is 0 Å². The van der Waals surface area contributed by atoms with Gasteiger partial charge in [-0.2, -0.15) is 0 Å². The minimum absolute atomic E-state index is 0.0217. The topological polar surface area (TPSA) is 49.4 Å². The van der Waals surface area contributed by atoms with Crippen molar-refractivity contribution in [2.45, 2.75) is 57.1 Å². The van der Waals surface area contributed by atoms with E-state index in [0.29, 0.717) is 33.5 Å². The molecule has 2 amide bonds. The van der Waals surface area contributed by atoms with Gasteiger partial charge in [-0.1, -0.05) is 40.9 Å². The Kier molecular flexibility index (Phi) is 10.5. The van der Waals surface area contributed by atoms with Crippen LogP contribution in [0.25, 0.3) is 0 Å². The Morgan fingerprint density at radius 3 is 2.19 bits per heavy atom. The summed E-state index contributed by atoms with van der Waals surface area (Å²) in [6.45, 7) is 5.67. The molecule has 1 unspecified atom stereocenters. The Labute approximate surface area is 203 Å². The molecule has 168 valence electrons. The summed E-state index contributed by atoms with van der Waals surface area (Å²) in [7, 11) is 0. The van der Waals surface area contributed by atoms with E-state index in [-0.39, 0.29) is 24.4 Å². The maximum Gasteiger partial charge on any atom is 0.242 e. The van der Waals surface area contributed by atoms with Crippen molar-refractivity contribution in [3.63, 3.8) is 0 Å². The van der Waals surface area contributed by atoms with Crippen LogP contribution in [0.3, 0.4) is 0 Å². The van der Waals surface area contributed by atoms with Gasteiger partial charge in [0.25, 0.3) is 0 Å². The molecule has 0 aromatic heterocycles. The van der Waals surface area contributed by atoms with Crippen molar-refractivity contribution in [1.29, 1.82) is 0 Å². The zero-order chi connectivity index (χ0) is 23.0. The molecule has 0 saturated carbocycles. The smallest absolute Gasteiger partial charge is 0.242 e. The van der Waals surface area contributed by atoms with E-state index in [0.717, 1.165) is 10.6 Å². The first-order valence-corrected chi connectivity index (χ1v) is 12.2. The van der Waals surface area contributed by atoms with Crippen molar-refractivity contribution in [2.75, 3.05) is 5.75 Å². The Morgan fingerprint density at radius 1 is 1.00 bits per heavy atom. The lowest BCUT2D eigenvalue weighted by molar-refractivity contribution is -0.140. The van der Waals surface area contributed by atoms with Crippen LogP contribution in [0.1, 0.15) is 39.2 Å². The molecular weight excluding hydrogens is 475 g/mol. The quantitative estimate of drug-likeness (QED) is 0.300. The molecule has 0 aliphatic rings. The van der Waals surface area contributed by atoms with E-state index in [9.17, 15) is 9.59 Å². The van der Waals surface area contributed by atoms with E-state index in [2.05, 4.69) is 5.32 Å². The van der Waals surface area contributed by atoms with E-state index in [4.69, 9.17) is 34.8 Å². The summed E-state index contributed by atoms with van der Waals surface area (Å²) in [5.74, 6) is 0.460. The fraction of sp³-hybridized carbons (Fsp3) is 0.391. The highest BCUT2D eigenvalue weighted by molar-refractivity contribution is 7.99. The summed E-state index contributed by atoms with van der Waals surface area (Å²) < 4.78 is 0. The van der Waals surface area contributed by atoms with Gasteiger partial charge < -0.3 is 10.2 Å². The van der Waals surface area contributed by atoms with Crippen LogP contribution < -0.4 is 5.32 Å². The van der Waals surface area contributed by atoms with Gasteiger partial charge in [0.1, 0.15) is 6.04 Å². The Bertz CT molecular complexity index is 871. The first-order chi connectivity index (χ1) is 14.7. The molecule has 31 heavy (non-hydrogen) atoms. The Balaban J connectivity index is 2.06. The molecule has 1 N–H and O–H groups in total. The molecule has 1 atom stereocenters. The zero-order valence-electron chi connectivity index (χ0n) is 17.8. The number of halogens is 3. The second-order valence-electron chi connectivity index (χ2n) is 7.47. The summed E-state index contributed by atoms with van der Waals surface area (Å²) in [6.07, 6.45) is 0.999. The standard InChI is InChI=1S/C23H27Cl3N2O2S/c1-15(2)27-23(30)16(3)28(14-19-20(25)6-4-7-21(19)26)22(29)8-5-13-31-18-11-9-17(24)10-12-18/h4,6-7,9-12,15-16H,5,8,13-14H2,1-3H3,(H,27,30). The highest BCUT2D eigenvalue weighted by Gasteiger charge is 2.27. The number of hydrogen-bond donors (Lipinski definition) is 1. The van der Waals surface area contributed by atoms with Crippen molar-refractivity contribution >= 4 is 58.4 Å². The molecule has 0 bridgehead atoms. The van der Waals surface area contributed by atoms with E-state index in [1.54, 1.807) is 41.8 Å². The largest absolute Gasteiger partial charge is 0.352 e. The number of benzene rings is 2. The fourth-order valence-corrected chi connectivity index (χ4v) is 4.43. The lowest BCUT2D eigenvalue weighted by Gasteiger charge is -2.30. The predicted octanol–water partition coefficient (Wildman–Crippen LogP) is 6.46. The molecule has 4 nitrogen and oxygen atoms in total. The van der Waals surface area contributed by atoms with Crippen LogP contribution in [0.4, 0.5) is 0 Å². The first-order valence-electron chi connectivity index (χ1n) is 10.1. The van der Waals surface area contributed by atoms with Crippen molar-refractivity contribution < 1.29 is 9.59 Å². The summed E-state index contributed by atoms with van der Waals surface area (Å²) in [6, 6.07) is 12.1. The average molecular weight is 502 g/mol. The van der Waals surface area contributed by atoms with Gasteiger partial charge in [-0.25, -0.2) is 0 Å². The van der Waals surface area contributed by atoms with Crippen LogP contribution in [0.2, 0.25) is 15.1 Å². The number of rotatable bonds is 10. The van der Waals surface area contributed by atoms with Crippen LogP contribution in [-0.2, 0) is 16.1 Å². The monoisotopic (exact) mass is 500 g/mol. The molecule has 2 aromatic rings. The number of carbonyl (C=O) groups excluding carboxylic acids is 2. The number of carbonyl (C=O) groups is 2. The summed E-state index contributed by atoms with van der Waals surface area (Å²) >= 11 is 20.2. The summed E-state index contributed by atoms with van der Waals surface area (Å²) in [4.78, 5) is 28.4. The highest BCUT2D eigenvalue weighted by atomic mass is 35.5. The third-order valence-corrected chi connectivity index (χ3v) is 6.66. The Hall–Kier alpha value is -1.40. The Morgan fingerprint density at radius 2 is 1.61 bits per heavy atom. The molecule has 0 saturated heterocycles. The molecular formula is C23H27Cl3N2O2S. The summed E-state index contributed by atoms with van der Waals surface area (Å²) in [5, 5.41) is 4.51. The molecule has 0 aliphatic heterocycles. The van der Waals surface area contributed by atoms with Crippen LogP contribution in [-0.4, -0.2) is 34.6 Å². The zero-order valence-corrected chi connectivity index (χ0v) is 20.9. The molecule has 0 heterocycles. The van der Waals surface area contributed by atoms with E-state index < -0.39 is 6.04 Å². The highest BCUT2D eigenvalue weighted by Crippen LogP contribution is 2.27. The van der Waals surface area contributed by atoms with Crippen molar-refractivity contribution in [3.8, 4) is 0 Å². The van der Waals surface area contributed by atoms with E-state index >= 15 is 0 Å². The lowest BCUT2D eigenvalue weighted by atomic mass is 10.1. The normalized spacial score (nSPS) is 12.0. The maximum atomic E-state index is 13.1. The predicted molar refractivity (Wildman–Crippen MR) is 131 cm³/mol. The SMILES string of the molecule is CC(C)NC(=O)C(C)N(Cc1c(Cl)cccc1Cl)C(=O)CCCSc1ccc(Cl)cc1. The molecule has 2 rings (SSSR count). The molecule has 2 aromatic carbocycles. The fourth-order valence-electron chi connectivity index (χ4n) is 2.93.